The molecule has 0 aliphatic rings. The molecular weight excluding hydrogens is 362 g/mol. The molecule has 0 amide bonds. The van der Waals surface area contributed by atoms with Gasteiger partial charge in [0.15, 0.2) is 0 Å². The Morgan fingerprint density at radius 1 is 1.08 bits per heavy atom. The summed E-state index contributed by atoms with van der Waals surface area (Å²) >= 11 is 6.77. The normalized spacial score (nSPS) is 12.4. The van der Waals surface area contributed by atoms with E-state index in [2.05, 4.69) is 64.7 Å². The average molecular weight is 394 g/mol. The number of nitrogens with one attached hydrogen (secondary N) is 1. The largest absolute Gasteiger partial charge is 0.493 e. The van der Waals surface area contributed by atoms with Crippen LogP contribution in [0.1, 0.15) is 64.9 Å². The van der Waals surface area contributed by atoms with Gasteiger partial charge < -0.3 is 14.1 Å². The van der Waals surface area contributed by atoms with Crippen molar-refractivity contribution in [2.24, 2.45) is 0 Å². The van der Waals surface area contributed by atoms with Crippen LogP contribution in [-0.2, 0) is 16.6 Å². The molecule has 2 rings (SSSR count). The van der Waals surface area contributed by atoms with Gasteiger partial charge in [0, 0.05) is 6.20 Å². The van der Waals surface area contributed by atoms with Crippen LogP contribution < -0.4 is 4.74 Å². The molecule has 3 nitrogen and oxygen atoms in total. The fourth-order valence-electron chi connectivity index (χ4n) is 2.77. The monoisotopic (exact) mass is 393 g/mol. The highest BCUT2D eigenvalue weighted by Crippen LogP contribution is 2.39. The maximum Gasteiger partial charge on any atom is 0.266 e. The van der Waals surface area contributed by atoms with Crippen LogP contribution >= 0.6 is 24.0 Å². The van der Waals surface area contributed by atoms with E-state index in [1.165, 1.54) is 11.1 Å². The highest BCUT2D eigenvalue weighted by molar-refractivity contribution is 7.98. The number of hydrogen-bond donors (Lipinski definition) is 1. The van der Waals surface area contributed by atoms with Crippen molar-refractivity contribution in [1.82, 2.24) is 4.98 Å². The first-order valence-electron chi connectivity index (χ1n) is 9.11. The van der Waals surface area contributed by atoms with Gasteiger partial charge in [-0.25, -0.2) is 0 Å². The van der Waals surface area contributed by atoms with Crippen LogP contribution in [0.5, 0.6) is 5.75 Å². The fraction of sp³-hybridized carbons (Fsp3) is 0.571. The van der Waals surface area contributed by atoms with Gasteiger partial charge in [0.1, 0.15) is 11.5 Å². The molecule has 0 atom stereocenters. The summed E-state index contributed by atoms with van der Waals surface area (Å²) < 4.78 is 11.7. The number of ether oxygens (including phenoxy) is 1. The molecule has 0 spiro atoms. The van der Waals surface area contributed by atoms with E-state index in [0.717, 1.165) is 36.0 Å². The lowest BCUT2D eigenvalue weighted by Crippen LogP contribution is -2.20. The molecule has 5 heteroatoms. The minimum absolute atomic E-state index is 0.0586. The van der Waals surface area contributed by atoms with Gasteiger partial charge in [0.2, 0.25) is 0 Å². The summed E-state index contributed by atoms with van der Waals surface area (Å²) in [6.07, 6.45) is 2.83. The van der Waals surface area contributed by atoms with Crippen LogP contribution in [0.3, 0.4) is 0 Å². The summed E-state index contributed by atoms with van der Waals surface area (Å²) in [6, 6.07) is 6.54. The van der Waals surface area contributed by atoms with Crippen molar-refractivity contribution in [1.29, 1.82) is 0 Å². The number of hydrogen-bond acceptors (Lipinski definition) is 4. The van der Waals surface area contributed by atoms with Crippen LogP contribution in [0.4, 0.5) is 0 Å². The molecule has 0 aliphatic carbocycles. The van der Waals surface area contributed by atoms with Gasteiger partial charge >= 0.3 is 0 Å². The van der Waals surface area contributed by atoms with E-state index < -0.39 is 0 Å². The van der Waals surface area contributed by atoms with Crippen molar-refractivity contribution in [3.63, 3.8) is 0 Å². The molecule has 1 aromatic heterocycles. The Labute approximate surface area is 166 Å². The van der Waals surface area contributed by atoms with Gasteiger partial charge in [-0.1, -0.05) is 59.7 Å². The molecule has 1 N–H and O–H groups in total. The summed E-state index contributed by atoms with van der Waals surface area (Å²) in [5.74, 6) is 3.82. The van der Waals surface area contributed by atoms with Gasteiger partial charge in [-0.3, -0.25) is 0 Å². The Morgan fingerprint density at radius 2 is 1.69 bits per heavy atom. The van der Waals surface area contributed by atoms with Gasteiger partial charge in [-0.15, -0.1) is 0 Å². The van der Waals surface area contributed by atoms with Crippen LogP contribution in [0.25, 0.3) is 0 Å². The van der Waals surface area contributed by atoms with Crippen LogP contribution in [0.2, 0.25) is 0 Å². The molecule has 0 radical (unpaired) electrons. The molecular formula is C21H31NO2S2. The molecule has 1 aromatic carbocycles. The van der Waals surface area contributed by atoms with Gasteiger partial charge in [0.05, 0.1) is 12.4 Å². The van der Waals surface area contributed by atoms with Gasteiger partial charge in [-0.2, -0.15) is 11.8 Å². The number of H-pyrrole nitrogens is 1. The molecule has 26 heavy (non-hydrogen) atoms. The molecule has 2 aromatic rings. The van der Waals surface area contributed by atoms with E-state index in [-0.39, 0.29) is 10.8 Å². The van der Waals surface area contributed by atoms with Crippen LogP contribution in [-0.4, -0.2) is 17.3 Å². The second-order valence-electron chi connectivity index (χ2n) is 8.58. The molecule has 0 saturated heterocycles. The smallest absolute Gasteiger partial charge is 0.266 e. The second-order valence-corrected chi connectivity index (χ2v) is 10.1. The van der Waals surface area contributed by atoms with E-state index in [4.69, 9.17) is 21.4 Å². The van der Waals surface area contributed by atoms with E-state index >= 15 is 0 Å². The minimum Gasteiger partial charge on any atom is -0.493 e. The van der Waals surface area contributed by atoms with E-state index in [9.17, 15) is 0 Å². The number of rotatable bonds is 7. The van der Waals surface area contributed by atoms with Crippen molar-refractivity contribution in [3.8, 4) is 5.75 Å². The van der Waals surface area contributed by atoms with Gasteiger partial charge in [0.25, 0.3) is 4.84 Å². The maximum atomic E-state index is 6.32. The first-order valence-corrected chi connectivity index (χ1v) is 10.7. The summed E-state index contributed by atoms with van der Waals surface area (Å²) in [4.78, 5) is 3.34. The molecule has 0 fully saturated rings. The summed E-state index contributed by atoms with van der Waals surface area (Å²) in [7, 11) is 0. The lowest BCUT2D eigenvalue weighted by molar-refractivity contribution is 0.301. The topological polar surface area (TPSA) is 38.2 Å². The van der Waals surface area contributed by atoms with E-state index in [0.29, 0.717) is 4.84 Å². The molecule has 1 heterocycles. The van der Waals surface area contributed by atoms with E-state index in [1.807, 2.05) is 18.0 Å². The molecule has 0 bridgehead atoms. The van der Waals surface area contributed by atoms with Crippen molar-refractivity contribution in [3.05, 3.63) is 46.1 Å². The number of aromatic nitrogens is 1. The van der Waals surface area contributed by atoms with Crippen molar-refractivity contribution < 1.29 is 9.15 Å². The number of oxazole rings is 1. The third-order valence-corrected chi connectivity index (χ3v) is 5.40. The maximum absolute atomic E-state index is 6.32. The molecule has 144 valence electrons. The number of benzene rings is 1. The Balaban J connectivity index is 1.96. The first kappa shape index (κ1) is 21.1. The fourth-order valence-corrected chi connectivity index (χ4v) is 3.75. The molecule has 0 unspecified atom stereocenters. The zero-order chi connectivity index (χ0) is 19.4. The third kappa shape index (κ3) is 5.92. The predicted octanol–water partition coefficient (Wildman–Crippen LogP) is 6.63. The zero-order valence-corrected chi connectivity index (χ0v) is 18.4. The Morgan fingerprint density at radius 3 is 2.19 bits per heavy atom. The Bertz CT molecular complexity index is 731. The lowest BCUT2D eigenvalue weighted by atomic mass is 9.79. The number of aromatic amines is 1. The molecule has 0 aliphatic heterocycles. The Kier molecular flexibility index (Phi) is 7.03. The average Bonchev–Trinajstić information content (AvgIpc) is 2.94. The lowest BCUT2D eigenvalue weighted by Gasteiger charge is -2.29. The standard InChI is InChI=1S/C21H31NO2S2/c1-20(2,3)16-9-7-10-17(21(4,5)6)18(16)23-11-8-12-26-14-15-13-22-19(25)24-15/h7,9-10,13H,8,11-12,14H2,1-6H3,(H,22,25). The number of thioether (sulfide) groups is 1. The van der Waals surface area contributed by atoms with Gasteiger partial charge in [-0.05, 0) is 46.3 Å². The zero-order valence-electron chi connectivity index (χ0n) is 16.8. The summed E-state index contributed by atoms with van der Waals surface area (Å²) in [6.45, 7) is 14.2. The van der Waals surface area contributed by atoms with E-state index in [1.54, 1.807) is 0 Å². The van der Waals surface area contributed by atoms with Crippen LogP contribution in [0.15, 0.2) is 28.8 Å². The van der Waals surface area contributed by atoms with Crippen molar-refractivity contribution in [2.45, 2.75) is 64.5 Å². The Hall–Kier alpha value is -1.20. The second kappa shape index (κ2) is 8.66. The summed E-state index contributed by atoms with van der Waals surface area (Å²) in [5.41, 5.74) is 2.68. The molecule has 0 saturated carbocycles. The third-order valence-electron chi connectivity index (χ3n) is 4.13. The predicted molar refractivity (Wildman–Crippen MR) is 114 cm³/mol. The van der Waals surface area contributed by atoms with Crippen molar-refractivity contribution in [2.75, 3.05) is 12.4 Å². The minimum atomic E-state index is 0.0586. The summed E-state index contributed by atoms with van der Waals surface area (Å²) in [5, 5.41) is 0. The SMILES string of the molecule is CC(C)(C)c1cccc(C(C)(C)C)c1OCCCSCc1c[nH]c(=S)o1. The highest BCUT2D eigenvalue weighted by atomic mass is 32.2. The highest BCUT2D eigenvalue weighted by Gasteiger charge is 2.26. The quantitative estimate of drug-likeness (QED) is 0.423. The van der Waals surface area contributed by atoms with Crippen LogP contribution in [0, 0.1) is 4.84 Å². The van der Waals surface area contributed by atoms with Crippen molar-refractivity contribution >= 4 is 24.0 Å². The number of para-hydroxylation sites is 1. The first-order chi connectivity index (χ1) is 12.1.